The number of ether oxygens (including phenoxy) is 2. The highest BCUT2D eigenvalue weighted by Crippen LogP contribution is 2.20. The maximum absolute atomic E-state index is 12.1. The highest BCUT2D eigenvalue weighted by molar-refractivity contribution is 5.68. The number of hydrogen-bond acceptors (Lipinski definition) is 3. The Hall–Kier alpha value is -1.55. The van der Waals surface area contributed by atoms with Gasteiger partial charge in [-0.25, -0.2) is 4.79 Å². The number of carbonyl (C=O) groups is 1. The van der Waals surface area contributed by atoms with E-state index in [2.05, 4.69) is 12.1 Å². The third kappa shape index (κ3) is 4.56. The molecule has 4 heteroatoms. The van der Waals surface area contributed by atoms with Crippen LogP contribution in [0.15, 0.2) is 30.3 Å². The average Bonchev–Trinajstić information content (AvgIpc) is 3.13. The standard InChI is InChI=1S/C15H21NO3/c1-15(2,3)19-14(17)16(13-11-18-13)10-9-12-7-5-4-6-8-12/h4-8,13H,9-11H2,1-3H3/t13-/m0/s1. The summed E-state index contributed by atoms with van der Waals surface area (Å²) >= 11 is 0. The van der Waals surface area contributed by atoms with Gasteiger partial charge in [0.2, 0.25) is 0 Å². The van der Waals surface area contributed by atoms with Crippen LogP contribution in [0.4, 0.5) is 4.79 Å². The number of amides is 1. The molecule has 4 nitrogen and oxygen atoms in total. The van der Waals surface area contributed by atoms with E-state index in [0.29, 0.717) is 13.2 Å². The second-order valence-electron chi connectivity index (χ2n) is 5.70. The molecule has 1 fully saturated rings. The van der Waals surface area contributed by atoms with Gasteiger partial charge in [0, 0.05) is 6.54 Å². The minimum absolute atomic E-state index is 0.112. The number of epoxide rings is 1. The van der Waals surface area contributed by atoms with Crippen LogP contribution in [0.3, 0.4) is 0 Å². The van der Waals surface area contributed by atoms with Gasteiger partial charge in [-0.05, 0) is 32.8 Å². The zero-order chi connectivity index (χ0) is 13.9. The van der Waals surface area contributed by atoms with Gasteiger partial charge in [0.25, 0.3) is 0 Å². The van der Waals surface area contributed by atoms with Crippen LogP contribution < -0.4 is 0 Å². The molecule has 0 spiro atoms. The summed E-state index contributed by atoms with van der Waals surface area (Å²) < 4.78 is 10.6. The van der Waals surface area contributed by atoms with Gasteiger partial charge in [0.1, 0.15) is 5.60 Å². The van der Waals surface area contributed by atoms with E-state index in [0.717, 1.165) is 6.42 Å². The van der Waals surface area contributed by atoms with Gasteiger partial charge in [-0.2, -0.15) is 0 Å². The largest absolute Gasteiger partial charge is 0.444 e. The van der Waals surface area contributed by atoms with Gasteiger partial charge in [-0.15, -0.1) is 0 Å². The Morgan fingerprint density at radius 2 is 2.00 bits per heavy atom. The van der Waals surface area contributed by atoms with E-state index >= 15 is 0 Å². The van der Waals surface area contributed by atoms with E-state index < -0.39 is 5.60 Å². The van der Waals surface area contributed by atoms with E-state index in [1.54, 1.807) is 4.90 Å². The van der Waals surface area contributed by atoms with Crippen molar-refractivity contribution in [3.63, 3.8) is 0 Å². The highest BCUT2D eigenvalue weighted by atomic mass is 16.6. The van der Waals surface area contributed by atoms with Crippen LogP contribution in [0.25, 0.3) is 0 Å². The molecule has 1 aliphatic heterocycles. The normalized spacial score (nSPS) is 17.9. The SMILES string of the molecule is CC(C)(C)OC(=O)N(CCc1ccccc1)[C@@H]1CO1. The summed E-state index contributed by atoms with van der Waals surface area (Å²) in [6, 6.07) is 10.1. The summed E-state index contributed by atoms with van der Waals surface area (Å²) in [5.41, 5.74) is 0.730. The molecule has 2 rings (SSSR count). The van der Waals surface area contributed by atoms with E-state index in [1.165, 1.54) is 5.56 Å². The molecule has 0 saturated carbocycles. The maximum Gasteiger partial charge on any atom is 0.412 e. The molecular weight excluding hydrogens is 242 g/mol. The summed E-state index contributed by atoms with van der Waals surface area (Å²) in [7, 11) is 0. The van der Waals surface area contributed by atoms with Crippen molar-refractivity contribution in [3.05, 3.63) is 35.9 Å². The number of benzene rings is 1. The van der Waals surface area contributed by atoms with Gasteiger partial charge in [-0.1, -0.05) is 30.3 Å². The lowest BCUT2D eigenvalue weighted by Gasteiger charge is -2.26. The van der Waals surface area contributed by atoms with E-state index in [9.17, 15) is 4.79 Å². The number of carbonyl (C=O) groups excluding carboxylic acids is 1. The number of rotatable bonds is 4. The van der Waals surface area contributed by atoms with Crippen molar-refractivity contribution >= 4 is 6.09 Å². The molecule has 1 aromatic carbocycles. The first-order valence-corrected chi connectivity index (χ1v) is 6.61. The van der Waals surface area contributed by atoms with Crippen LogP contribution in [-0.4, -0.2) is 36.0 Å². The molecule has 0 aromatic heterocycles. The first-order chi connectivity index (χ1) is 8.96. The summed E-state index contributed by atoms with van der Waals surface area (Å²) in [5, 5.41) is 0. The molecule has 0 aliphatic carbocycles. The Bertz CT molecular complexity index is 421. The van der Waals surface area contributed by atoms with Crippen molar-refractivity contribution in [2.45, 2.75) is 39.0 Å². The molecule has 1 aliphatic rings. The first-order valence-electron chi connectivity index (χ1n) is 6.61. The van der Waals surface area contributed by atoms with Crippen LogP contribution in [0.1, 0.15) is 26.3 Å². The number of hydrogen-bond donors (Lipinski definition) is 0. The Kier molecular flexibility index (Phi) is 4.10. The molecule has 0 radical (unpaired) electrons. The molecule has 1 heterocycles. The molecule has 0 unspecified atom stereocenters. The molecule has 1 saturated heterocycles. The third-order valence-corrected chi connectivity index (χ3v) is 2.78. The smallest absolute Gasteiger partial charge is 0.412 e. The van der Waals surface area contributed by atoms with Crippen molar-refractivity contribution in [2.24, 2.45) is 0 Å². The van der Waals surface area contributed by atoms with Crippen molar-refractivity contribution in [3.8, 4) is 0 Å². The second kappa shape index (κ2) is 5.61. The van der Waals surface area contributed by atoms with Gasteiger partial charge in [0.15, 0.2) is 6.23 Å². The van der Waals surface area contributed by atoms with Crippen molar-refractivity contribution in [1.29, 1.82) is 0 Å². The fraction of sp³-hybridized carbons (Fsp3) is 0.533. The number of nitrogens with zero attached hydrogens (tertiary/aromatic N) is 1. The topological polar surface area (TPSA) is 42.1 Å². The van der Waals surface area contributed by atoms with Crippen LogP contribution in [-0.2, 0) is 15.9 Å². The minimum atomic E-state index is -0.475. The molecule has 1 aromatic rings. The van der Waals surface area contributed by atoms with E-state index in [1.807, 2.05) is 39.0 Å². The first kappa shape index (κ1) is 13.9. The molecule has 1 amide bonds. The molecule has 0 bridgehead atoms. The van der Waals surface area contributed by atoms with Crippen molar-refractivity contribution in [2.75, 3.05) is 13.2 Å². The van der Waals surface area contributed by atoms with Crippen LogP contribution in [0, 0.1) is 0 Å². The zero-order valence-electron chi connectivity index (χ0n) is 11.8. The Balaban J connectivity index is 1.91. The Labute approximate surface area is 114 Å². The molecule has 19 heavy (non-hydrogen) atoms. The van der Waals surface area contributed by atoms with Gasteiger partial charge in [0.05, 0.1) is 6.61 Å². The average molecular weight is 263 g/mol. The summed E-state index contributed by atoms with van der Waals surface area (Å²) in [5.74, 6) is 0. The fourth-order valence-corrected chi connectivity index (χ4v) is 1.79. The third-order valence-electron chi connectivity index (χ3n) is 2.78. The zero-order valence-corrected chi connectivity index (χ0v) is 11.8. The summed E-state index contributed by atoms with van der Waals surface area (Å²) in [6.07, 6.45) is 0.393. The molecule has 1 atom stereocenters. The predicted octanol–water partition coefficient (Wildman–Crippen LogP) is 2.82. The van der Waals surface area contributed by atoms with Gasteiger partial charge < -0.3 is 9.47 Å². The fourth-order valence-electron chi connectivity index (χ4n) is 1.79. The monoisotopic (exact) mass is 263 g/mol. The Morgan fingerprint density at radius 3 is 2.53 bits per heavy atom. The molecule has 0 N–H and O–H groups in total. The lowest BCUT2D eigenvalue weighted by Crippen LogP contribution is -2.39. The maximum atomic E-state index is 12.1. The van der Waals surface area contributed by atoms with E-state index in [-0.39, 0.29) is 12.3 Å². The lowest BCUT2D eigenvalue weighted by molar-refractivity contribution is 0.0161. The highest BCUT2D eigenvalue weighted by Gasteiger charge is 2.36. The quantitative estimate of drug-likeness (QED) is 0.784. The van der Waals surface area contributed by atoms with Crippen LogP contribution in [0.2, 0.25) is 0 Å². The predicted molar refractivity (Wildman–Crippen MR) is 72.8 cm³/mol. The van der Waals surface area contributed by atoms with Crippen molar-refractivity contribution in [1.82, 2.24) is 4.90 Å². The Morgan fingerprint density at radius 1 is 1.37 bits per heavy atom. The van der Waals surface area contributed by atoms with E-state index in [4.69, 9.17) is 9.47 Å². The second-order valence-corrected chi connectivity index (χ2v) is 5.70. The van der Waals surface area contributed by atoms with Gasteiger partial charge in [-0.3, -0.25) is 4.90 Å². The van der Waals surface area contributed by atoms with Crippen molar-refractivity contribution < 1.29 is 14.3 Å². The minimum Gasteiger partial charge on any atom is -0.444 e. The van der Waals surface area contributed by atoms with Crippen LogP contribution in [0.5, 0.6) is 0 Å². The molecule has 104 valence electrons. The van der Waals surface area contributed by atoms with Crippen LogP contribution >= 0.6 is 0 Å². The lowest BCUT2D eigenvalue weighted by atomic mass is 10.1. The summed E-state index contributed by atoms with van der Waals surface area (Å²) in [4.78, 5) is 13.8. The molecular formula is C15H21NO3. The van der Waals surface area contributed by atoms with Gasteiger partial charge >= 0.3 is 6.09 Å². The summed E-state index contributed by atoms with van der Waals surface area (Å²) in [6.45, 7) is 6.83.